The number of nitrogens with two attached hydrogens (primary N) is 1. The Morgan fingerprint density at radius 1 is 1.39 bits per heavy atom. The van der Waals surface area contributed by atoms with E-state index in [1.807, 2.05) is 0 Å². The van der Waals surface area contributed by atoms with Crippen LogP contribution in [-0.4, -0.2) is 31.1 Å². The van der Waals surface area contributed by atoms with E-state index in [1.165, 1.54) is 36.0 Å². The van der Waals surface area contributed by atoms with Crippen molar-refractivity contribution in [1.29, 1.82) is 0 Å². The van der Waals surface area contributed by atoms with Crippen LogP contribution in [0.15, 0.2) is 23.2 Å². The highest BCUT2D eigenvalue weighted by atomic mass is 33.1. The monoisotopic (exact) mass is 424 g/mol. The average molecular weight is 425 g/mol. The van der Waals surface area contributed by atoms with Crippen LogP contribution < -0.4 is 5.73 Å². The Bertz CT molecular complexity index is 851. The first kappa shape index (κ1) is 21.7. The smallest absolute Gasteiger partial charge is 0.320 e. The summed E-state index contributed by atoms with van der Waals surface area (Å²) in [6, 6.07) is 7.07. The lowest BCUT2D eigenvalue weighted by Crippen LogP contribution is -2.45. The maximum Gasteiger partial charge on any atom is 0.320 e. The lowest BCUT2D eigenvalue weighted by Gasteiger charge is -2.50. The second-order valence-corrected chi connectivity index (χ2v) is 12.2. The van der Waals surface area contributed by atoms with E-state index in [4.69, 9.17) is 10.3 Å². The maximum absolute atomic E-state index is 10.9. The largest absolute Gasteiger partial charge is 0.387 e. The number of aryl methyl sites for hydroxylation is 1. The average Bonchev–Trinajstić information content (AvgIpc) is 2.63. The summed E-state index contributed by atoms with van der Waals surface area (Å²) in [5.41, 5.74) is 10.5. The zero-order valence-electron chi connectivity index (χ0n) is 17.0. The number of hydrogen-bond donors (Lipinski definition) is 2. The van der Waals surface area contributed by atoms with E-state index in [0.29, 0.717) is 35.1 Å². The predicted molar refractivity (Wildman–Crippen MR) is 118 cm³/mol. The summed E-state index contributed by atoms with van der Waals surface area (Å²) in [6.45, 7) is 7.54. The molecule has 0 bridgehead atoms. The molecule has 3 N–H and O–H groups in total. The fraction of sp³-hybridized carbons (Fsp3) is 0.667. The molecular formula is C21H32N2O3S2. The van der Waals surface area contributed by atoms with Gasteiger partial charge in [0, 0.05) is 17.3 Å². The summed E-state index contributed by atoms with van der Waals surface area (Å²) in [4.78, 5) is 4.46. The number of hydrogen-bond acceptors (Lipinski definition) is 4. The molecule has 1 fully saturated rings. The molecule has 0 radical (unpaired) electrons. The van der Waals surface area contributed by atoms with Gasteiger partial charge in [0.1, 0.15) is 5.84 Å². The van der Waals surface area contributed by atoms with Crippen LogP contribution in [0.2, 0.25) is 0 Å². The molecule has 1 saturated carbocycles. The molecule has 0 amide bonds. The first-order valence-electron chi connectivity index (χ1n) is 10.1. The van der Waals surface area contributed by atoms with E-state index in [2.05, 4.69) is 44.0 Å². The summed E-state index contributed by atoms with van der Waals surface area (Å²) in [6.07, 6.45) is 5.81. The van der Waals surface area contributed by atoms with Gasteiger partial charge in [0.05, 0.1) is 5.75 Å². The van der Waals surface area contributed by atoms with Crippen LogP contribution in [0.3, 0.4) is 0 Å². The van der Waals surface area contributed by atoms with E-state index in [-0.39, 0.29) is 17.0 Å². The van der Waals surface area contributed by atoms with Crippen molar-refractivity contribution in [1.82, 2.24) is 0 Å². The van der Waals surface area contributed by atoms with Crippen molar-refractivity contribution in [3.63, 3.8) is 0 Å². The molecule has 3 atom stereocenters. The first-order valence-corrected chi connectivity index (χ1v) is 13.1. The fourth-order valence-corrected chi connectivity index (χ4v) is 6.38. The normalized spacial score (nSPS) is 28.1. The molecule has 2 aliphatic carbocycles. The summed E-state index contributed by atoms with van der Waals surface area (Å²) in [7, 11) is -3.66. The van der Waals surface area contributed by atoms with Crippen molar-refractivity contribution in [3.05, 3.63) is 34.9 Å². The van der Waals surface area contributed by atoms with Gasteiger partial charge in [-0.15, -0.1) is 0 Å². The Morgan fingerprint density at radius 3 is 2.82 bits per heavy atom. The highest BCUT2D eigenvalue weighted by molar-refractivity contribution is 8.70. The third-order valence-electron chi connectivity index (χ3n) is 6.68. The van der Waals surface area contributed by atoms with Gasteiger partial charge in [-0.2, -0.15) is 8.42 Å². The molecule has 2 aliphatic rings. The first-order chi connectivity index (χ1) is 13.1. The van der Waals surface area contributed by atoms with Crippen LogP contribution in [0, 0.1) is 11.8 Å². The van der Waals surface area contributed by atoms with Crippen molar-refractivity contribution in [2.75, 3.05) is 12.3 Å². The van der Waals surface area contributed by atoms with Gasteiger partial charge in [-0.3, -0.25) is 9.55 Å². The molecule has 3 unspecified atom stereocenters. The van der Waals surface area contributed by atoms with Gasteiger partial charge in [-0.05, 0) is 65.5 Å². The zero-order valence-corrected chi connectivity index (χ0v) is 18.7. The number of aliphatic imine (C=N–C) groups is 1. The van der Waals surface area contributed by atoms with Gasteiger partial charge >= 0.3 is 9.15 Å². The minimum absolute atomic E-state index is 0.00823. The molecule has 156 valence electrons. The van der Waals surface area contributed by atoms with E-state index in [9.17, 15) is 8.42 Å². The molecule has 0 aliphatic heterocycles. The van der Waals surface area contributed by atoms with E-state index in [0.717, 1.165) is 12.8 Å². The maximum atomic E-state index is 10.9. The Hall–Kier alpha value is -1.05. The standard InChI is InChI=1S/C21H32N2O3S2/c1-14(2)15-6-8-18-16(11-15)7-9-19-17(5-4-10-21(18,19)3)12-23-20(22)13-27-28(24,25)26/h6,8,11,14,17,19H,4-5,7,9-10,12-13H2,1-3H3,(H2,22,23)(H,24,25,26). The van der Waals surface area contributed by atoms with E-state index >= 15 is 0 Å². The van der Waals surface area contributed by atoms with Gasteiger partial charge in [0.2, 0.25) is 0 Å². The van der Waals surface area contributed by atoms with Crippen molar-refractivity contribution in [2.24, 2.45) is 22.6 Å². The van der Waals surface area contributed by atoms with Crippen LogP contribution in [0.5, 0.6) is 0 Å². The molecule has 0 spiro atoms. The third kappa shape index (κ3) is 4.74. The molecule has 7 heteroatoms. The second-order valence-electron chi connectivity index (χ2n) is 8.81. The van der Waals surface area contributed by atoms with Gasteiger partial charge in [0.15, 0.2) is 0 Å². The van der Waals surface area contributed by atoms with Crippen molar-refractivity contribution < 1.29 is 13.0 Å². The highest BCUT2D eigenvalue weighted by Crippen LogP contribution is 2.52. The number of rotatable bonds is 6. The molecular weight excluding hydrogens is 392 g/mol. The van der Waals surface area contributed by atoms with Gasteiger partial charge in [-0.25, -0.2) is 0 Å². The summed E-state index contributed by atoms with van der Waals surface area (Å²) >= 11 is 0. The molecule has 28 heavy (non-hydrogen) atoms. The van der Waals surface area contributed by atoms with Gasteiger partial charge in [-0.1, -0.05) is 45.4 Å². The van der Waals surface area contributed by atoms with Crippen LogP contribution >= 0.6 is 10.8 Å². The van der Waals surface area contributed by atoms with E-state index < -0.39 is 9.15 Å². The van der Waals surface area contributed by atoms with Crippen molar-refractivity contribution >= 4 is 25.8 Å². The Balaban J connectivity index is 1.76. The number of fused-ring (bicyclic) bond motifs is 3. The Morgan fingerprint density at radius 2 is 2.14 bits per heavy atom. The molecule has 0 heterocycles. The third-order valence-corrected chi connectivity index (χ3v) is 8.64. The second kappa shape index (κ2) is 8.36. The molecule has 0 saturated heterocycles. The Kier molecular flexibility index (Phi) is 6.47. The van der Waals surface area contributed by atoms with Crippen molar-refractivity contribution in [2.45, 2.75) is 64.2 Å². The lowest BCUT2D eigenvalue weighted by molar-refractivity contribution is 0.111. The number of nitrogens with zero attached hydrogens (tertiary/aromatic N) is 1. The van der Waals surface area contributed by atoms with Crippen LogP contribution in [0.25, 0.3) is 0 Å². The minimum atomic E-state index is -4.08. The summed E-state index contributed by atoms with van der Waals surface area (Å²) < 4.78 is 30.6. The molecule has 5 nitrogen and oxygen atoms in total. The van der Waals surface area contributed by atoms with E-state index in [1.54, 1.807) is 0 Å². The predicted octanol–water partition coefficient (Wildman–Crippen LogP) is 4.32. The zero-order chi connectivity index (χ0) is 20.5. The summed E-state index contributed by atoms with van der Waals surface area (Å²) in [5.74, 6) is 1.88. The number of amidine groups is 1. The highest BCUT2D eigenvalue weighted by Gasteiger charge is 2.46. The fourth-order valence-electron chi connectivity index (χ4n) is 5.21. The quantitative estimate of drug-likeness (QED) is 0.307. The molecule has 1 aromatic rings. The molecule has 0 aromatic heterocycles. The van der Waals surface area contributed by atoms with Crippen molar-refractivity contribution in [3.8, 4) is 0 Å². The minimum Gasteiger partial charge on any atom is -0.387 e. The van der Waals surface area contributed by atoms with Gasteiger partial charge < -0.3 is 5.73 Å². The molecule has 1 aromatic carbocycles. The SMILES string of the molecule is CC(C)c1ccc2c(c1)CCC1C(CN=C(N)CSS(=O)(=O)O)CCCC21C. The number of benzene rings is 1. The lowest BCUT2D eigenvalue weighted by atomic mass is 9.54. The van der Waals surface area contributed by atoms with Crippen LogP contribution in [0.1, 0.15) is 69.1 Å². The van der Waals surface area contributed by atoms with Gasteiger partial charge in [0.25, 0.3) is 0 Å². The van der Waals surface area contributed by atoms with Crippen LogP contribution in [-0.2, 0) is 21.0 Å². The Labute approximate surface area is 172 Å². The molecule has 3 rings (SSSR count). The summed E-state index contributed by atoms with van der Waals surface area (Å²) in [5, 5.41) is 0. The van der Waals surface area contributed by atoms with Crippen LogP contribution in [0.4, 0.5) is 0 Å². The topological polar surface area (TPSA) is 92.8 Å².